The predicted molar refractivity (Wildman–Crippen MR) is 111 cm³/mol. The molecule has 2 saturated carbocycles. The van der Waals surface area contributed by atoms with Crippen molar-refractivity contribution >= 4 is 28.5 Å². The van der Waals surface area contributed by atoms with E-state index in [2.05, 4.69) is 21.8 Å². The highest BCUT2D eigenvalue weighted by atomic mass is 35.5. The number of hydrogen-bond donors (Lipinski definition) is 1. The van der Waals surface area contributed by atoms with Crippen molar-refractivity contribution in [1.82, 2.24) is 14.9 Å². The second-order valence-electron chi connectivity index (χ2n) is 8.28. The van der Waals surface area contributed by atoms with E-state index >= 15 is 0 Å². The largest absolute Gasteiger partial charge is 0.349 e. The van der Waals surface area contributed by atoms with Crippen LogP contribution in [0.15, 0.2) is 48.8 Å². The van der Waals surface area contributed by atoms with Gasteiger partial charge in [0.1, 0.15) is 5.52 Å². The molecule has 5 rings (SSSR count). The van der Waals surface area contributed by atoms with Gasteiger partial charge >= 0.3 is 0 Å². The van der Waals surface area contributed by atoms with E-state index in [0.717, 1.165) is 24.8 Å². The fourth-order valence-electron chi connectivity index (χ4n) is 5.32. The van der Waals surface area contributed by atoms with Gasteiger partial charge in [-0.05, 0) is 73.4 Å². The van der Waals surface area contributed by atoms with Gasteiger partial charge in [0.05, 0.1) is 11.8 Å². The molecule has 150 valence electrons. The smallest absolute Gasteiger partial charge is 0.251 e. The molecule has 3 aromatic rings. The lowest BCUT2D eigenvalue weighted by molar-refractivity contribution is 0.0927. The van der Waals surface area contributed by atoms with Crippen molar-refractivity contribution in [3.8, 4) is 0 Å². The Morgan fingerprint density at radius 3 is 2.66 bits per heavy atom. The second-order valence-corrected chi connectivity index (χ2v) is 8.72. The number of halogens is 2. The van der Waals surface area contributed by atoms with Gasteiger partial charge in [-0.3, -0.25) is 4.79 Å². The lowest BCUT2D eigenvalue weighted by atomic mass is 9.98. The van der Waals surface area contributed by atoms with Crippen LogP contribution in [0.5, 0.6) is 0 Å². The van der Waals surface area contributed by atoms with Crippen LogP contribution in [-0.4, -0.2) is 21.5 Å². The van der Waals surface area contributed by atoms with Gasteiger partial charge in [-0.25, -0.2) is 9.37 Å². The van der Waals surface area contributed by atoms with Crippen molar-refractivity contribution in [3.63, 3.8) is 0 Å². The summed E-state index contributed by atoms with van der Waals surface area (Å²) < 4.78 is 16.1. The normalized spacial score (nSPS) is 26.3. The number of nitrogens with one attached hydrogen (secondary N) is 1. The van der Waals surface area contributed by atoms with Crippen LogP contribution in [0, 0.1) is 23.6 Å². The first-order valence-corrected chi connectivity index (χ1v) is 10.6. The van der Waals surface area contributed by atoms with Gasteiger partial charge in [-0.2, -0.15) is 0 Å². The van der Waals surface area contributed by atoms with Crippen molar-refractivity contribution in [2.45, 2.75) is 38.3 Å². The lowest BCUT2D eigenvalue weighted by Crippen LogP contribution is -2.37. The molecule has 2 fully saturated rings. The summed E-state index contributed by atoms with van der Waals surface area (Å²) >= 11 is 5.92. The van der Waals surface area contributed by atoms with E-state index in [-0.39, 0.29) is 17.8 Å². The highest BCUT2D eigenvalue weighted by Gasteiger charge is 2.59. The van der Waals surface area contributed by atoms with Crippen LogP contribution in [0.3, 0.4) is 0 Å². The lowest BCUT2D eigenvalue weighted by Gasteiger charge is -2.22. The highest BCUT2D eigenvalue weighted by Crippen LogP contribution is 2.62. The van der Waals surface area contributed by atoms with Crippen molar-refractivity contribution in [3.05, 3.63) is 65.2 Å². The fraction of sp³-hybridized carbons (Fsp3) is 0.391. The summed E-state index contributed by atoms with van der Waals surface area (Å²) in [7, 11) is 0. The first-order chi connectivity index (χ1) is 14.1. The third-order valence-electron chi connectivity index (χ3n) is 6.76. The van der Waals surface area contributed by atoms with Gasteiger partial charge in [-0.1, -0.05) is 24.6 Å². The number of rotatable bonds is 5. The molecule has 2 aliphatic rings. The predicted octanol–water partition coefficient (Wildman–Crippen LogP) is 5.23. The summed E-state index contributed by atoms with van der Waals surface area (Å²) in [5.74, 6) is 1.45. The summed E-state index contributed by atoms with van der Waals surface area (Å²) in [6.45, 7) is 2.13. The zero-order valence-corrected chi connectivity index (χ0v) is 16.9. The summed E-state index contributed by atoms with van der Waals surface area (Å²) in [6.07, 6.45) is 4.81. The first-order valence-electron chi connectivity index (χ1n) is 10.2. The molecule has 3 unspecified atom stereocenters. The number of aromatic nitrogens is 2. The molecule has 0 spiro atoms. The summed E-state index contributed by atoms with van der Waals surface area (Å²) in [5.41, 5.74) is 1.96. The number of fused-ring (bicyclic) bond motifs is 2. The number of carbonyl (C=O) groups excluding carboxylic acids is 1. The number of imidazole rings is 1. The Hall–Kier alpha value is -2.40. The number of hydrogen-bond acceptors (Lipinski definition) is 2. The topological polar surface area (TPSA) is 46.9 Å². The van der Waals surface area contributed by atoms with Crippen LogP contribution < -0.4 is 5.32 Å². The maximum Gasteiger partial charge on any atom is 0.251 e. The van der Waals surface area contributed by atoms with Crippen LogP contribution >= 0.6 is 11.6 Å². The Morgan fingerprint density at radius 1 is 1.24 bits per heavy atom. The van der Waals surface area contributed by atoms with E-state index in [1.807, 2.05) is 6.07 Å². The molecule has 1 amide bonds. The molecule has 6 heteroatoms. The molecule has 0 radical (unpaired) electrons. The number of carbonyl (C=O) groups is 1. The Labute approximate surface area is 174 Å². The SMILES string of the molecule is CCC(NC(=O)c1ccc(Cl)cc1)C1[C@H]2CC(n3cnc4c(F)cccc43)C[C@@H]12. The Morgan fingerprint density at radius 2 is 1.97 bits per heavy atom. The summed E-state index contributed by atoms with van der Waals surface area (Å²) in [5, 5.41) is 3.86. The molecule has 1 aromatic heterocycles. The van der Waals surface area contributed by atoms with Gasteiger partial charge in [0.2, 0.25) is 0 Å². The van der Waals surface area contributed by atoms with Crippen LogP contribution in [0.2, 0.25) is 5.02 Å². The minimum absolute atomic E-state index is 0.0360. The van der Waals surface area contributed by atoms with Crippen molar-refractivity contribution < 1.29 is 9.18 Å². The Bertz CT molecular complexity index is 1050. The number of benzene rings is 2. The van der Waals surface area contributed by atoms with Gasteiger partial charge in [0.15, 0.2) is 5.82 Å². The maximum absolute atomic E-state index is 13.9. The quantitative estimate of drug-likeness (QED) is 0.624. The maximum atomic E-state index is 13.9. The Kier molecular flexibility index (Phi) is 4.58. The Balaban J connectivity index is 1.25. The number of para-hydroxylation sites is 1. The third kappa shape index (κ3) is 3.21. The van der Waals surface area contributed by atoms with Crippen LogP contribution in [0.1, 0.15) is 42.6 Å². The fourth-order valence-corrected chi connectivity index (χ4v) is 5.45. The van der Waals surface area contributed by atoms with E-state index in [1.165, 1.54) is 6.07 Å². The molecule has 1 heterocycles. The molecule has 0 saturated heterocycles. The van der Waals surface area contributed by atoms with Gasteiger partial charge in [0, 0.05) is 22.7 Å². The molecule has 0 aliphatic heterocycles. The molecular weight excluding hydrogens is 389 g/mol. The molecule has 2 aliphatic carbocycles. The number of nitrogens with zero attached hydrogens (tertiary/aromatic N) is 2. The van der Waals surface area contributed by atoms with Crippen LogP contribution in [0.25, 0.3) is 11.0 Å². The minimum Gasteiger partial charge on any atom is -0.349 e. The molecular formula is C23H23ClFN3O. The van der Waals surface area contributed by atoms with Gasteiger partial charge in [-0.15, -0.1) is 0 Å². The number of amides is 1. The standard InChI is InChI=1S/C23H23ClFN3O/c1-2-19(27-23(29)13-6-8-14(24)9-7-13)21-16-10-15(11-17(16)21)28-12-26-22-18(25)4-3-5-20(22)28/h3-9,12,15-17,19,21H,2,10-11H2,1H3,(H,27,29)/t15?,16-,17+,19?,21?. The van der Waals surface area contributed by atoms with Crippen molar-refractivity contribution in [1.29, 1.82) is 0 Å². The zero-order chi connectivity index (χ0) is 20.1. The van der Waals surface area contributed by atoms with E-state index in [9.17, 15) is 9.18 Å². The van der Waals surface area contributed by atoms with Crippen LogP contribution in [-0.2, 0) is 0 Å². The highest BCUT2D eigenvalue weighted by molar-refractivity contribution is 6.30. The molecule has 4 nitrogen and oxygen atoms in total. The van der Waals surface area contributed by atoms with Crippen molar-refractivity contribution in [2.75, 3.05) is 0 Å². The molecule has 29 heavy (non-hydrogen) atoms. The third-order valence-corrected chi connectivity index (χ3v) is 7.01. The second kappa shape index (κ2) is 7.13. The van der Waals surface area contributed by atoms with Crippen molar-refractivity contribution in [2.24, 2.45) is 17.8 Å². The first kappa shape index (κ1) is 18.6. The molecule has 0 bridgehead atoms. The summed E-state index contributed by atoms with van der Waals surface area (Å²) in [4.78, 5) is 16.9. The van der Waals surface area contributed by atoms with Crippen LogP contribution in [0.4, 0.5) is 4.39 Å². The average Bonchev–Trinajstić information content (AvgIpc) is 3.08. The molecule has 2 aromatic carbocycles. The minimum atomic E-state index is -0.266. The molecule has 1 N–H and O–H groups in total. The monoisotopic (exact) mass is 411 g/mol. The van der Waals surface area contributed by atoms with E-state index in [0.29, 0.717) is 39.9 Å². The van der Waals surface area contributed by atoms with Gasteiger partial charge < -0.3 is 9.88 Å². The molecule has 5 atom stereocenters. The van der Waals surface area contributed by atoms with Gasteiger partial charge in [0.25, 0.3) is 5.91 Å². The van der Waals surface area contributed by atoms with E-state index in [4.69, 9.17) is 11.6 Å². The zero-order valence-electron chi connectivity index (χ0n) is 16.2. The average molecular weight is 412 g/mol. The van der Waals surface area contributed by atoms with E-state index in [1.54, 1.807) is 36.7 Å². The summed E-state index contributed by atoms with van der Waals surface area (Å²) in [6, 6.07) is 12.7. The van der Waals surface area contributed by atoms with E-state index < -0.39 is 0 Å².